The van der Waals surface area contributed by atoms with Crippen LogP contribution in [-0.2, 0) is 9.59 Å². The fourth-order valence-electron chi connectivity index (χ4n) is 4.89. The SMILES string of the molecule is O=C(Nc1ccccc1C(=O)O)c1ccc(N2C(=O)C3C4C=CC(C4)C3C2=O)cc1. The first-order valence-electron chi connectivity index (χ1n) is 9.75. The Labute approximate surface area is 172 Å². The van der Waals surface area contributed by atoms with Crippen LogP contribution in [-0.4, -0.2) is 28.8 Å². The predicted molar refractivity (Wildman–Crippen MR) is 108 cm³/mol. The number of carboxylic acid groups (broad SMARTS) is 1. The molecule has 2 aliphatic carbocycles. The maximum absolute atomic E-state index is 12.9. The van der Waals surface area contributed by atoms with Crippen molar-refractivity contribution in [3.05, 3.63) is 71.8 Å². The molecule has 1 heterocycles. The minimum Gasteiger partial charge on any atom is -0.478 e. The van der Waals surface area contributed by atoms with Crippen molar-refractivity contribution < 1.29 is 24.3 Å². The van der Waals surface area contributed by atoms with Gasteiger partial charge in [-0.3, -0.25) is 19.3 Å². The maximum Gasteiger partial charge on any atom is 0.337 e. The molecule has 30 heavy (non-hydrogen) atoms. The van der Waals surface area contributed by atoms with E-state index in [1.165, 1.54) is 29.2 Å². The Bertz CT molecular complexity index is 1090. The topological polar surface area (TPSA) is 104 Å². The van der Waals surface area contributed by atoms with Gasteiger partial charge in [0.25, 0.3) is 5.91 Å². The molecule has 1 aliphatic heterocycles. The van der Waals surface area contributed by atoms with Crippen molar-refractivity contribution in [1.82, 2.24) is 0 Å². The molecule has 7 nitrogen and oxygen atoms in total. The largest absolute Gasteiger partial charge is 0.478 e. The fourth-order valence-corrected chi connectivity index (χ4v) is 4.89. The summed E-state index contributed by atoms with van der Waals surface area (Å²) in [6.45, 7) is 0. The van der Waals surface area contributed by atoms with Gasteiger partial charge in [0, 0.05) is 5.56 Å². The van der Waals surface area contributed by atoms with E-state index in [-0.39, 0.29) is 46.7 Å². The molecular formula is C23H18N2O5. The number of hydrogen-bond donors (Lipinski definition) is 2. The molecule has 5 rings (SSSR count). The molecule has 3 aliphatic rings. The molecule has 0 radical (unpaired) electrons. The number of carboxylic acids is 1. The van der Waals surface area contributed by atoms with Crippen molar-refractivity contribution in [3.8, 4) is 0 Å². The van der Waals surface area contributed by atoms with E-state index < -0.39 is 11.9 Å². The van der Waals surface area contributed by atoms with Crippen molar-refractivity contribution in [2.75, 3.05) is 10.2 Å². The Morgan fingerprint density at radius 3 is 2.10 bits per heavy atom. The van der Waals surface area contributed by atoms with Crippen molar-refractivity contribution in [2.24, 2.45) is 23.7 Å². The van der Waals surface area contributed by atoms with Gasteiger partial charge in [0.1, 0.15) is 0 Å². The first-order chi connectivity index (χ1) is 14.5. The minimum absolute atomic E-state index is 0.00879. The van der Waals surface area contributed by atoms with Crippen molar-refractivity contribution in [1.29, 1.82) is 0 Å². The molecule has 7 heteroatoms. The van der Waals surface area contributed by atoms with Crippen LogP contribution in [0, 0.1) is 23.7 Å². The van der Waals surface area contributed by atoms with E-state index in [4.69, 9.17) is 0 Å². The Morgan fingerprint density at radius 1 is 0.900 bits per heavy atom. The van der Waals surface area contributed by atoms with E-state index in [0.29, 0.717) is 11.3 Å². The number of amides is 3. The number of anilines is 2. The molecule has 1 saturated heterocycles. The summed E-state index contributed by atoms with van der Waals surface area (Å²) >= 11 is 0. The van der Waals surface area contributed by atoms with Gasteiger partial charge in [-0.25, -0.2) is 4.79 Å². The number of imide groups is 1. The Morgan fingerprint density at radius 2 is 1.50 bits per heavy atom. The maximum atomic E-state index is 12.9. The monoisotopic (exact) mass is 402 g/mol. The molecule has 0 aromatic heterocycles. The predicted octanol–water partition coefficient (Wildman–Crippen LogP) is 2.95. The zero-order chi connectivity index (χ0) is 21.0. The summed E-state index contributed by atoms with van der Waals surface area (Å²) in [5.74, 6) is -2.23. The lowest BCUT2D eigenvalue weighted by Crippen LogP contribution is -2.32. The lowest BCUT2D eigenvalue weighted by atomic mass is 9.85. The Hall–Kier alpha value is -3.74. The zero-order valence-corrected chi connectivity index (χ0v) is 15.8. The third kappa shape index (κ3) is 2.66. The molecule has 2 aromatic carbocycles. The molecule has 2 fully saturated rings. The van der Waals surface area contributed by atoms with Gasteiger partial charge < -0.3 is 10.4 Å². The van der Waals surface area contributed by atoms with E-state index in [1.807, 2.05) is 12.2 Å². The number of nitrogens with zero attached hydrogens (tertiary/aromatic N) is 1. The van der Waals surface area contributed by atoms with Crippen LogP contribution in [0.15, 0.2) is 60.7 Å². The summed E-state index contributed by atoms with van der Waals surface area (Å²) < 4.78 is 0. The zero-order valence-electron chi connectivity index (χ0n) is 15.8. The van der Waals surface area contributed by atoms with Crippen molar-refractivity contribution in [3.63, 3.8) is 0 Å². The number of fused-ring (bicyclic) bond motifs is 5. The number of nitrogens with one attached hydrogen (secondary N) is 1. The molecule has 2 aromatic rings. The highest BCUT2D eigenvalue weighted by Gasteiger charge is 2.59. The smallest absolute Gasteiger partial charge is 0.337 e. The number of carbonyl (C=O) groups excluding carboxylic acids is 3. The second-order valence-electron chi connectivity index (χ2n) is 7.86. The van der Waals surface area contributed by atoms with E-state index in [0.717, 1.165) is 6.42 Å². The third-order valence-electron chi connectivity index (χ3n) is 6.26. The third-order valence-corrected chi connectivity index (χ3v) is 6.26. The lowest BCUT2D eigenvalue weighted by molar-refractivity contribution is -0.123. The summed E-state index contributed by atoms with van der Waals surface area (Å²) in [6.07, 6.45) is 4.96. The highest BCUT2D eigenvalue weighted by Crippen LogP contribution is 2.53. The molecule has 4 atom stereocenters. The molecule has 2 N–H and O–H groups in total. The quantitative estimate of drug-likeness (QED) is 0.605. The number of carbonyl (C=O) groups is 4. The number of aromatic carboxylic acids is 1. The highest BCUT2D eigenvalue weighted by molar-refractivity contribution is 6.23. The van der Waals surface area contributed by atoms with Crippen LogP contribution in [0.5, 0.6) is 0 Å². The van der Waals surface area contributed by atoms with Crippen LogP contribution in [0.3, 0.4) is 0 Å². The second kappa shape index (κ2) is 6.66. The number of rotatable bonds is 4. The summed E-state index contributed by atoms with van der Waals surface area (Å²) in [6, 6.07) is 12.3. The molecule has 150 valence electrons. The lowest BCUT2D eigenvalue weighted by Gasteiger charge is -2.17. The van der Waals surface area contributed by atoms with E-state index in [2.05, 4.69) is 5.32 Å². The van der Waals surface area contributed by atoms with Crippen LogP contribution >= 0.6 is 0 Å². The van der Waals surface area contributed by atoms with E-state index in [9.17, 15) is 24.3 Å². The molecule has 3 amide bonds. The van der Waals surface area contributed by atoms with Gasteiger partial charge in [0.15, 0.2) is 0 Å². The van der Waals surface area contributed by atoms with Crippen molar-refractivity contribution >= 4 is 35.1 Å². The first-order valence-corrected chi connectivity index (χ1v) is 9.75. The van der Waals surface area contributed by atoms with Crippen LogP contribution in [0.2, 0.25) is 0 Å². The standard InChI is InChI=1S/C23H18N2O5/c26-20(24-17-4-2-1-3-16(17)23(29)30)12-7-9-15(10-8-12)25-21(27)18-13-5-6-14(11-13)19(18)22(25)28/h1-10,13-14,18-19H,11H2,(H,24,26)(H,29,30). The molecule has 2 bridgehead atoms. The molecular weight excluding hydrogens is 384 g/mol. The average molecular weight is 402 g/mol. The van der Waals surface area contributed by atoms with Crippen LogP contribution in [0.4, 0.5) is 11.4 Å². The van der Waals surface area contributed by atoms with Gasteiger partial charge in [0.2, 0.25) is 11.8 Å². The van der Waals surface area contributed by atoms with Gasteiger partial charge in [-0.1, -0.05) is 24.3 Å². The van der Waals surface area contributed by atoms with Gasteiger partial charge in [-0.2, -0.15) is 0 Å². The number of para-hydroxylation sites is 1. The summed E-state index contributed by atoms with van der Waals surface area (Å²) in [5, 5.41) is 11.8. The Kier molecular flexibility index (Phi) is 4.06. The number of hydrogen-bond acceptors (Lipinski definition) is 4. The van der Waals surface area contributed by atoms with Gasteiger partial charge in [-0.15, -0.1) is 0 Å². The first kappa shape index (κ1) is 18.3. The van der Waals surface area contributed by atoms with E-state index >= 15 is 0 Å². The summed E-state index contributed by atoms with van der Waals surface area (Å²) in [7, 11) is 0. The highest BCUT2D eigenvalue weighted by atomic mass is 16.4. The average Bonchev–Trinajstić information content (AvgIpc) is 3.42. The molecule has 1 saturated carbocycles. The Balaban J connectivity index is 1.35. The van der Waals surface area contributed by atoms with Crippen LogP contribution in [0.1, 0.15) is 27.1 Å². The van der Waals surface area contributed by atoms with Crippen LogP contribution in [0.25, 0.3) is 0 Å². The van der Waals surface area contributed by atoms with Crippen molar-refractivity contribution in [2.45, 2.75) is 6.42 Å². The van der Waals surface area contributed by atoms with Gasteiger partial charge >= 0.3 is 5.97 Å². The fraction of sp³-hybridized carbons (Fsp3) is 0.217. The van der Waals surface area contributed by atoms with E-state index in [1.54, 1.807) is 24.3 Å². The van der Waals surface area contributed by atoms with Gasteiger partial charge in [-0.05, 0) is 54.7 Å². The normalized spacial score (nSPS) is 26.2. The van der Waals surface area contributed by atoms with Gasteiger partial charge in [0.05, 0.1) is 28.8 Å². The molecule has 4 unspecified atom stereocenters. The molecule has 0 spiro atoms. The minimum atomic E-state index is -1.14. The van der Waals surface area contributed by atoms with Crippen LogP contribution < -0.4 is 10.2 Å². The number of benzene rings is 2. The summed E-state index contributed by atoms with van der Waals surface area (Å²) in [5.41, 5.74) is 0.923. The second-order valence-corrected chi connectivity index (χ2v) is 7.86. The number of allylic oxidation sites excluding steroid dienone is 2. The summed E-state index contributed by atoms with van der Waals surface area (Å²) in [4.78, 5) is 50.9.